The number of carbonyl (C=O) groups is 1. The van der Waals surface area contributed by atoms with Crippen LogP contribution in [-0.2, 0) is 4.79 Å². The van der Waals surface area contributed by atoms with Crippen LogP contribution in [0, 0.1) is 0 Å². The molecule has 29 heavy (non-hydrogen) atoms. The molecular formula is C20H20Cl2N4O2S. The molecule has 1 heterocycles. The van der Waals surface area contributed by atoms with Crippen LogP contribution in [0.25, 0.3) is 11.4 Å². The van der Waals surface area contributed by atoms with Gasteiger partial charge in [-0.15, -0.1) is 5.10 Å². The molecule has 0 saturated heterocycles. The Balaban J connectivity index is 1.64. The van der Waals surface area contributed by atoms with E-state index < -0.39 is 0 Å². The van der Waals surface area contributed by atoms with Crippen LogP contribution in [-0.4, -0.2) is 45.9 Å². The summed E-state index contributed by atoms with van der Waals surface area (Å²) in [6.07, 6.45) is 0. The van der Waals surface area contributed by atoms with Gasteiger partial charge in [-0.25, -0.2) is 4.98 Å². The van der Waals surface area contributed by atoms with Gasteiger partial charge in [-0.2, -0.15) is 0 Å². The van der Waals surface area contributed by atoms with E-state index in [9.17, 15) is 4.79 Å². The number of H-pyrrole nitrogens is 1. The van der Waals surface area contributed by atoms with Crippen LogP contribution in [0.5, 0.6) is 5.75 Å². The van der Waals surface area contributed by atoms with Gasteiger partial charge in [0.05, 0.1) is 24.5 Å². The minimum Gasteiger partial charge on any atom is -0.496 e. The topological polar surface area (TPSA) is 71.1 Å². The Kier molecular flexibility index (Phi) is 7.05. The summed E-state index contributed by atoms with van der Waals surface area (Å²) in [5.41, 5.74) is 1.72. The molecule has 0 saturated carbocycles. The van der Waals surface area contributed by atoms with Crippen LogP contribution >= 0.6 is 35.0 Å². The minimum atomic E-state index is -0.0706. The van der Waals surface area contributed by atoms with Gasteiger partial charge in [0, 0.05) is 17.1 Å². The molecule has 3 rings (SSSR count). The third-order valence-corrected chi connectivity index (χ3v) is 5.85. The summed E-state index contributed by atoms with van der Waals surface area (Å²) in [6.45, 7) is 1.97. The van der Waals surface area contributed by atoms with Gasteiger partial charge < -0.3 is 9.64 Å². The van der Waals surface area contributed by atoms with Gasteiger partial charge in [0.15, 0.2) is 5.82 Å². The first-order valence-corrected chi connectivity index (χ1v) is 10.5. The zero-order valence-electron chi connectivity index (χ0n) is 16.1. The van der Waals surface area contributed by atoms with E-state index in [4.69, 9.17) is 27.9 Å². The van der Waals surface area contributed by atoms with Gasteiger partial charge >= 0.3 is 0 Å². The molecule has 0 radical (unpaired) electrons. The number of rotatable bonds is 7. The highest BCUT2D eigenvalue weighted by molar-refractivity contribution is 7.99. The van der Waals surface area contributed by atoms with Crippen molar-refractivity contribution in [3.05, 3.63) is 58.1 Å². The number of amides is 1. The molecule has 0 aliphatic rings. The van der Waals surface area contributed by atoms with Gasteiger partial charge in [0.25, 0.3) is 0 Å². The zero-order chi connectivity index (χ0) is 21.0. The van der Waals surface area contributed by atoms with E-state index >= 15 is 0 Å². The summed E-state index contributed by atoms with van der Waals surface area (Å²) in [6, 6.07) is 12.7. The van der Waals surface area contributed by atoms with Crippen molar-refractivity contribution in [1.29, 1.82) is 0 Å². The second-order valence-electron chi connectivity index (χ2n) is 6.33. The van der Waals surface area contributed by atoms with Gasteiger partial charge in [-0.3, -0.25) is 9.89 Å². The number of ether oxygens (including phenoxy) is 1. The van der Waals surface area contributed by atoms with Crippen LogP contribution < -0.4 is 4.74 Å². The lowest BCUT2D eigenvalue weighted by Gasteiger charge is -2.25. The smallest absolute Gasteiger partial charge is 0.233 e. The number of nitrogens with one attached hydrogen (secondary N) is 1. The molecule has 1 unspecified atom stereocenters. The molecule has 1 aromatic heterocycles. The normalized spacial score (nSPS) is 11.9. The van der Waals surface area contributed by atoms with Gasteiger partial charge in [-0.05, 0) is 42.8 Å². The SMILES string of the molecule is COc1ccc(Cl)cc1-c1nc(SCC(=O)N(C)C(C)c2ccc(Cl)cc2)n[nH]1. The first kappa shape index (κ1) is 21.5. The van der Waals surface area contributed by atoms with E-state index in [0.717, 1.165) is 5.56 Å². The molecular weight excluding hydrogens is 431 g/mol. The Bertz CT molecular complexity index is 994. The van der Waals surface area contributed by atoms with Crippen LogP contribution in [0.1, 0.15) is 18.5 Å². The fraction of sp³-hybridized carbons (Fsp3) is 0.250. The fourth-order valence-electron chi connectivity index (χ4n) is 2.71. The number of hydrogen-bond acceptors (Lipinski definition) is 5. The molecule has 0 aliphatic carbocycles. The van der Waals surface area contributed by atoms with Crippen molar-refractivity contribution in [1.82, 2.24) is 20.1 Å². The first-order chi connectivity index (χ1) is 13.9. The van der Waals surface area contributed by atoms with E-state index in [1.807, 2.05) is 31.2 Å². The number of carbonyl (C=O) groups excluding carboxylic acids is 1. The molecule has 9 heteroatoms. The lowest BCUT2D eigenvalue weighted by molar-refractivity contribution is -0.128. The quantitative estimate of drug-likeness (QED) is 0.506. The molecule has 1 atom stereocenters. The molecule has 2 aromatic carbocycles. The molecule has 0 bridgehead atoms. The zero-order valence-corrected chi connectivity index (χ0v) is 18.5. The molecule has 152 valence electrons. The standard InChI is InChI=1S/C20H20Cl2N4O2S/c1-12(13-4-6-14(21)7-5-13)26(2)18(27)11-29-20-23-19(24-25-20)16-10-15(22)8-9-17(16)28-3/h4-10,12H,11H2,1-3H3,(H,23,24,25). The van der Waals surface area contributed by atoms with E-state index in [1.54, 1.807) is 37.3 Å². The van der Waals surface area contributed by atoms with Crippen LogP contribution in [0.15, 0.2) is 47.6 Å². The van der Waals surface area contributed by atoms with E-state index in [2.05, 4.69) is 15.2 Å². The van der Waals surface area contributed by atoms with Crippen molar-refractivity contribution >= 4 is 40.9 Å². The Morgan fingerprint density at radius 1 is 1.21 bits per heavy atom. The molecule has 0 aliphatic heterocycles. The summed E-state index contributed by atoms with van der Waals surface area (Å²) >= 11 is 13.3. The second-order valence-corrected chi connectivity index (χ2v) is 8.15. The van der Waals surface area contributed by atoms with Crippen LogP contribution in [0.2, 0.25) is 10.0 Å². The average Bonchev–Trinajstić information content (AvgIpc) is 3.20. The molecule has 0 fully saturated rings. The molecule has 6 nitrogen and oxygen atoms in total. The fourth-order valence-corrected chi connectivity index (χ4v) is 3.73. The van der Waals surface area contributed by atoms with Crippen molar-refractivity contribution < 1.29 is 9.53 Å². The highest BCUT2D eigenvalue weighted by Gasteiger charge is 2.19. The molecule has 1 amide bonds. The number of benzene rings is 2. The largest absolute Gasteiger partial charge is 0.496 e. The highest BCUT2D eigenvalue weighted by Crippen LogP contribution is 2.31. The third-order valence-electron chi connectivity index (χ3n) is 4.53. The van der Waals surface area contributed by atoms with Crippen LogP contribution in [0.4, 0.5) is 0 Å². The van der Waals surface area contributed by atoms with Crippen molar-refractivity contribution in [2.75, 3.05) is 19.9 Å². The van der Waals surface area contributed by atoms with Crippen molar-refractivity contribution in [2.45, 2.75) is 18.1 Å². The van der Waals surface area contributed by atoms with E-state index in [1.165, 1.54) is 11.8 Å². The number of thioether (sulfide) groups is 1. The lowest BCUT2D eigenvalue weighted by atomic mass is 10.1. The summed E-state index contributed by atoms with van der Waals surface area (Å²) in [4.78, 5) is 18.7. The van der Waals surface area contributed by atoms with E-state index in [-0.39, 0.29) is 17.7 Å². The maximum Gasteiger partial charge on any atom is 0.233 e. The first-order valence-electron chi connectivity index (χ1n) is 8.79. The monoisotopic (exact) mass is 450 g/mol. The number of halogens is 2. The van der Waals surface area contributed by atoms with E-state index in [0.29, 0.717) is 32.3 Å². The number of aromatic nitrogens is 3. The number of hydrogen-bond donors (Lipinski definition) is 1. The number of aromatic amines is 1. The molecule has 0 spiro atoms. The Labute approximate surface area is 183 Å². The highest BCUT2D eigenvalue weighted by atomic mass is 35.5. The number of methoxy groups -OCH3 is 1. The average molecular weight is 451 g/mol. The summed E-state index contributed by atoms with van der Waals surface area (Å²) in [7, 11) is 3.36. The number of nitrogens with zero attached hydrogens (tertiary/aromatic N) is 3. The molecule has 3 aromatic rings. The molecule has 1 N–H and O–H groups in total. The Morgan fingerprint density at radius 3 is 2.59 bits per heavy atom. The predicted octanol–water partition coefficient (Wildman–Crippen LogP) is 5.10. The summed E-state index contributed by atoms with van der Waals surface area (Å²) < 4.78 is 5.35. The Morgan fingerprint density at radius 2 is 1.90 bits per heavy atom. The van der Waals surface area contributed by atoms with Gasteiger partial charge in [-0.1, -0.05) is 47.1 Å². The third kappa shape index (κ3) is 5.23. The Hall–Kier alpha value is -2.22. The maximum absolute atomic E-state index is 12.6. The second kappa shape index (κ2) is 9.52. The summed E-state index contributed by atoms with van der Waals surface area (Å²) in [5, 5.41) is 8.77. The van der Waals surface area contributed by atoms with Crippen molar-refractivity contribution in [3.8, 4) is 17.1 Å². The van der Waals surface area contributed by atoms with Crippen molar-refractivity contribution in [2.24, 2.45) is 0 Å². The van der Waals surface area contributed by atoms with Crippen molar-refractivity contribution in [3.63, 3.8) is 0 Å². The predicted molar refractivity (Wildman–Crippen MR) is 117 cm³/mol. The maximum atomic E-state index is 12.6. The van der Waals surface area contributed by atoms with Crippen LogP contribution in [0.3, 0.4) is 0 Å². The van der Waals surface area contributed by atoms with Gasteiger partial charge in [0.2, 0.25) is 11.1 Å². The minimum absolute atomic E-state index is 0.0239. The van der Waals surface area contributed by atoms with Gasteiger partial charge in [0.1, 0.15) is 5.75 Å². The summed E-state index contributed by atoms with van der Waals surface area (Å²) in [5.74, 6) is 1.36. The lowest BCUT2D eigenvalue weighted by Crippen LogP contribution is -2.31.